The van der Waals surface area contributed by atoms with Crippen molar-refractivity contribution in [1.82, 2.24) is 0 Å². The zero-order valence-corrected chi connectivity index (χ0v) is 14.4. The molecule has 2 aromatic carbocycles. The smallest absolute Gasteiger partial charge is 0.227 e. The molecule has 0 aromatic heterocycles. The van der Waals surface area contributed by atoms with E-state index in [1.54, 1.807) is 41.3 Å². The van der Waals surface area contributed by atoms with Crippen LogP contribution >= 0.6 is 0 Å². The average molecular weight is 350 g/mol. The summed E-state index contributed by atoms with van der Waals surface area (Å²) in [4.78, 5) is 26.0. The maximum atomic E-state index is 12.5. The fourth-order valence-corrected chi connectivity index (χ4v) is 2.85. The highest BCUT2D eigenvalue weighted by atomic mass is 16.5. The summed E-state index contributed by atoms with van der Waals surface area (Å²) in [6.45, 7) is 0.509. The highest BCUT2D eigenvalue weighted by molar-refractivity contribution is 6.00. The van der Waals surface area contributed by atoms with E-state index in [0.29, 0.717) is 35.6 Å². The molecule has 26 heavy (non-hydrogen) atoms. The van der Waals surface area contributed by atoms with Crippen LogP contribution in [-0.4, -0.2) is 32.0 Å². The molecule has 2 aromatic rings. The molecule has 132 valence electrons. The van der Waals surface area contributed by atoms with Crippen molar-refractivity contribution in [2.75, 3.05) is 25.2 Å². The van der Waals surface area contributed by atoms with Crippen LogP contribution in [-0.2, 0) is 4.79 Å². The van der Waals surface area contributed by atoms with Crippen LogP contribution in [0.1, 0.15) is 28.8 Å². The Hall–Kier alpha value is -3.33. The minimum Gasteiger partial charge on any atom is -0.493 e. The fourth-order valence-electron chi connectivity index (χ4n) is 2.85. The number of Topliss-reactive ketones (excluding diaryl/α,β-unsaturated/α-hetero) is 1. The van der Waals surface area contributed by atoms with Crippen LogP contribution in [0.2, 0.25) is 0 Å². The van der Waals surface area contributed by atoms with Gasteiger partial charge in [-0.25, -0.2) is 0 Å². The second-order valence-corrected chi connectivity index (χ2v) is 5.89. The van der Waals surface area contributed by atoms with E-state index in [2.05, 4.69) is 0 Å². The molecule has 6 heteroatoms. The SMILES string of the molecule is COc1cc(C#N)ccc1OCC(=O)c1cccc(N2CCCC2=O)c1. The Bertz CT molecular complexity index is 886. The summed E-state index contributed by atoms with van der Waals surface area (Å²) < 4.78 is 10.8. The molecule has 0 bridgehead atoms. The molecule has 1 fully saturated rings. The van der Waals surface area contributed by atoms with Gasteiger partial charge in [0.25, 0.3) is 0 Å². The number of nitrogens with zero attached hydrogens (tertiary/aromatic N) is 2. The summed E-state index contributed by atoms with van der Waals surface area (Å²) in [7, 11) is 1.47. The number of hydrogen-bond acceptors (Lipinski definition) is 5. The fraction of sp³-hybridized carbons (Fsp3) is 0.250. The van der Waals surface area contributed by atoms with E-state index in [4.69, 9.17) is 14.7 Å². The number of carbonyl (C=O) groups is 2. The lowest BCUT2D eigenvalue weighted by molar-refractivity contribution is -0.117. The third-order valence-corrected chi connectivity index (χ3v) is 4.20. The van der Waals surface area contributed by atoms with Crippen molar-refractivity contribution in [2.24, 2.45) is 0 Å². The summed E-state index contributed by atoms with van der Waals surface area (Å²) in [5.41, 5.74) is 1.66. The van der Waals surface area contributed by atoms with Gasteiger partial charge in [-0.3, -0.25) is 9.59 Å². The first-order valence-electron chi connectivity index (χ1n) is 8.27. The first-order chi connectivity index (χ1) is 12.6. The summed E-state index contributed by atoms with van der Waals surface area (Å²) in [5.74, 6) is 0.664. The minimum atomic E-state index is -0.204. The minimum absolute atomic E-state index is 0.0770. The zero-order chi connectivity index (χ0) is 18.5. The number of ether oxygens (including phenoxy) is 2. The normalized spacial score (nSPS) is 13.4. The molecule has 0 N–H and O–H groups in total. The van der Waals surface area contributed by atoms with Crippen LogP contribution in [0.5, 0.6) is 11.5 Å². The standard InChI is InChI=1S/C20H18N2O4/c1-25-19-10-14(12-21)7-8-18(19)26-13-17(23)15-4-2-5-16(11-15)22-9-3-6-20(22)24/h2,4-5,7-8,10-11H,3,6,9,13H2,1H3. The molecule has 1 saturated heterocycles. The van der Waals surface area contributed by atoms with E-state index >= 15 is 0 Å². The van der Waals surface area contributed by atoms with Gasteiger partial charge in [-0.2, -0.15) is 5.26 Å². The maximum Gasteiger partial charge on any atom is 0.227 e. The number of anilines is 1. The number of rotatable bonds is 6. The Balaban J connectivity index is 1.71. The number of carbonyl (C=O) groups excluding carboxylic acids is 2. The number of methoxy groups -OCH3 is 1. The summed E-state index contributed by atoms with van der Waals surface area (Å²) in [5, 5.41) is 8.92. The second-order valence-electron chi connectivity index (χ2n) is 5.89. The van der Waals surface area contributed by atoms with Crippen molar-refractivity contribution in [3.05, 3.63) is 53.6 Å². The van der Waals surface area contributed by atoms with E-state index in [0.717, 1.165) is 12.1 Å². The Labute approximate surface area is 151 Å². The lowest BCUT2D eigenvalue weighted by Gasteiger charge is -2.16. The molecule has 1 heterocycles. The van der Waals surface area contributed by atoms with E-state index < -0.39 is 0 Å². The van der Waals surface area contributed by atoms with Gasteiger partial charge in [0.2, 0.25) is 5.91 Å². The van der Waals surface area contributed by atoms with E-state index in [1.165, 1.54) is 7.11 Å². The number of nitriles is 1. The molecule has 6 nitrogen and oxygen atoms in total. The van der Waals surface area contributed by atoms with Crippen molar-refractivity contribution in [2.45, 2.75) is 12.8 Å². The molecule has 0 spiro atoms. The number of ketones is 1. The van der Waals surface area contributed by atoms with Crippen LogP contribution < -0.4 is 14.4 Å². The van der Waals surface area contributed by atoms with E-state index in [-0.39, 0.29) is 18.3 Å². The quantitative estimate of drug-likeness (QED) is 0.748. The molecule has 1 amide bonds. The van der Waals surface area contributed by atoms with Gasteiger partial charge in [0.1, 0.15) is 0 Å². The van der Waals surface area contributed by atoms with Gasteiger partial charge in [-0.1, -0.05) is 12.1 Å². The monoisotopic (exact) mass is 350 g/mol. The lowest BCUT2D eigenvalue weighted by atomic mass is 10.1. The van der Waals surface area contributed by atoms with Crippen molar-refractivity contribution in [3.63, 3.8) is 0 Å². The highest BCUT2D eigenvalue weighted by Crippen LogP contribution is 2.28. The summed E-state index contributed by atoms with van der Waals surface area (Å²) in [6.07, 6.45) is 1.37. The first kappa shape index (κ1) is 17.5. The maximum absolute atomic E-state index is 12.5. The largest absolute Gasteiger partial charge is 0.493 e. The van der Waals surface area contributed by atoms with Crippen LogP contribution in [0.25, 0.3) is 0 Å². The molecule has 0 radical (unpaired) electrons. The predicted octanol–water partition coefficient (Wildman–Crippen LogP) is 2.96. The number of amides is 1. The van der Waals surface area contributed by atoms with Crippen molar-refractivity contribution in [3.8, 4) is 17.6 Å². The van der Waals surface area contributed by atoms with Gasteiger partial charge in [0, 0.05) is 30.3 Å². The Kier molecular flexibility index (Phi) is 5.18. The van der Waals surface area contributed by atoms with Crippen LogP contribution in [0.3, 0.4) is 0 Å². The topological polar surface area (TPSA) is 79.6 Å². The van der Waals surface area contributed by atoms with Gasteiger partial charge >= 0.3 is 0 Å². The van der Waals surface area contributed by atoms with Gasteiger partial charge in [-0.05, 0) is 30.7 Å². The van der Waals surface area contributed by atoms with Gasteiger partial charge in [-0.15, -0.1) is 0 Å². The molecular formula is C20H18N2O4. The van der Waals surface area contributed by atoms with Gasteiger partial charge in [0.05, 0.1) is 18.7 Å². The van der Waals surface area contributed by atoms with Crippen LogP contribution in [0.15, 0.2) is 42.5 Å². The number of benzene rings is 2. The molecule has 3 rings (SSSR count). The Morgan fingerprint density at radius 2 is 2.08 bits per heavy atom. The van der Waals surface area contributed by atoms with Crippen LogP contribution in [0.4, 0.5) is 5.69 Å². The molecule has 0 atom stereocenters. The van der Waals surface area contributed by atoms with E-state index in [1.807, 2.05) is 12.1 Å². The van der Waals surface area contributed by atoms with Gasteiger partial charge in [0.15, 0.2) is 23.9 Å². The predicted molar refractivity (Wildman–Crippen MR) is 95.6 cm³/mol. The van der Waals surface area contributed by atoms with Crippen molar-refractivity contribution >= 4 is 17.4 Å². The molecule has 1 aliphatic heterocycles. The Morgan fingerprint density at radius 1 is 1.23 bits per heavy atom. The molecule has 0 saturated carbocycles. The highest BCUT2D eigenvalue weighted by Gasteiger charge is 2.22. The van der Waals surface area contributed by atoms with Crippen LogP contribution in [0, 0.1) is 11.3 Å². The molecular weight excluding hydrogens is 332 g/mol. The first-order valence-corrected chi connectivity index (χ1v) is 8.27. The lowest BCUT2D eigenvalue weighted by Crippen LogP contribution is -2.24. The molecule has 0 aliphatic carbocycles. The van der Waals surface area contributed by atoms with Crippen molar-refractivity contribution in [1.29, 1.82) is 5.26 Å². The summed E-state index contributed by atoms with van der Waals surface area (Å²) in [6, 6.07) is 13.8. The molecule has 1 aliphatic rings. The van der Waals surface area contributed by atoms with Gasteiger partial charge < -0.3 is 14.4 Å². The molecule has 0 unspecified atom stereocenters. The van der Waals surface area contributed by atoms with Crippen molar-refractivity contribution < 1.29 is 19.1 Å². The Morgan fingerprint density at radius 3 is 2.77 bits per heavy atom. The second kappa shape index (κ2) is 7.70. The third kappa shape index (κ3) is 3.67. The van der Waals surface area contributed by atoms with E-state index in [9.17, 15) is 9.59 Å². The average Bonchev–Trinajstić information content (AvgIpc) is 3.12. The summed E-state index contributed by atoms with van der Waals surface area (Å²) >= 11 is 0. The zero-order valence-electron chi connectivity index (χ0n) is 14.4. The number of hydrogen-bond donors (Lipinski definition) is 0. The third-order valence-electron chi connectivity index (χ3n) is 4.20.